The second-order valence-corrected chi connectivity index (χ2v) is 4.87. The molecule has 0 bridgehead atoms. The highest BCUT2D eigenvalue weighted by Gasteiger charge is 1.96. The number of nitrogens with zero attached hydrogens (tertiary/aromatic N) is 1. The maximum absolute atomic E-state index is 4.24. The summed E-state index contributed by atoms with van der Waals surface area (Å²) in [6, 6.07) is 14.6. The van der Waals surface area contributed by atoms with Crippen LogP contribution in [0.1, 0.15) is 25.3 Å². The molecule has 2 N–H and O–H groups in total. The normalized spacial score (nSPS) is 10.2. The molecule has 1 aromatic carbocycles. The van der Waals surface area contributed by atoms with Crippen LogP contribution in [0.2, 0.25) is 0 Å². The number of aromatic nitrogens is 1. The third-order valence-electron chi connectivity index (χ3n) is 3.20. The van der Waals surface area contributed by atoms with Gasteiger partial charge < -0.3 is 10.6 Å². The number of pyridine rings is 1. The molecule has 0 saturated carbocycles. The summed E-state index contributed by atoms with van der Waals surface area (Å²) < 4.78 is 0. The van der Waals surface area contributed by atoms with Crippen LogP contribution in [-0.4, -0.2) is 18.1 Å². The summed E-state index contributed by atoms with van der Waals surface area (Å²) in [5.41, 5.74) is 2.55. The average molecular weight is 269 g/mol. The van der Waals surface area contributed by atoms with Crippen LogP contribution in [0.5, 0.6) is 0 Å². The Balaban J connectivity index is 1.73. The highest BCUT2D eigenvalue weighted by Crippen LogP contribution is 2.10. The van der Waals surface area contributed by atoms with E-state index in [4.69, 9.17) is 0 Å². The van der Waals surface area contributed by atoms with E-state index in [1.165, 1.54) is 24.1 Å². The van der Waals surface area contributed by atoms with Gasteiger partial charge >= 0.3 is 0 Å². The first-order chi connectivity index (χ1) is 9.88. The van der Waals surface area contributed by atoms with Crippen LogP contribution >= 0.6 is 0 Å². The second-order valence-electron chi connectivity index (χ2n) is 4.87. The molecule has 0 saturated heterocycles. The number of hydrogen-bond donors (Lipinski definition) is 2. The van der Waals surface area contributed by atoms with Gasteiger partial charge in [-0.15, -0.1) is 0 Å². The van der Waals surface area contributed by atoms with Gasteiger partial charge in [0.25, 0.3) is 0 Å². The largest absolute Gasteiger partial charge is 0.385 e. The minimum atomic E-state index is 0.902. The minimum Gasteiger partial charge on any atom is -0.385 e. The molecule has 1 aromatic heterocycles. The third kappa shape index (κ3) is 4.92. The Morgan fingerprint density at radius 1 is 0.950 bits per heavy atom. The molecular formula is C17H23N3. The van der Waals surface area contributed by atoms with E-state index >= 15 is 0 Å². The molecule has 2 aromatic rings. The standard InChI is InChI=1S/C17H23N3/c1-2-3-12-18-16-9-7-15(8-10-16)11-14-20-17-6-4-5-13-19-17/h4-10,13,18H,2-3,11-12,14H2,1H3,(H,19,20). The van der Waals surface area contributed by atoms with Gasteiger partial charge in [-0.1, -0.05) is 31.5 Å². The number of benzene rings is 1. The van der Waals surface area contributed by atoms with Gasteiger partial charge in [0, 0.05) is 25.0 Å². The summed E-state index contributed by atoms with van der Waals surface area (Å²) in [5, 5.41) is 6.75. The molecule has 0 aliphatic heterocycles. The Hall–Kier alpha value is -2.03. The predicted octanol–water partition coefficient (Wildman–Crippen LogP) is 3.95. The topological polar surface area (TPSA) is 37.0 Å². The molecule has 0 atom stereocenters. The molecule has 3 heteroatoms. The number of hydrogen-bond acceptors (Lipinski definition) is 3. The molecule has 2 rings (SSSR count). The van der Waals surface area contributed by atoms with Gasteiger partial charge in [-0.25, -0.2) is 4.98 Å². The van der Waals surface area contributed by atoms with Crippen LogP contribution in [0.15, 0.2) is 48.7 Å². The van der Waals surface area contributed by atoms with Crippen LogP contribution in [0, 0.1) is 0 Å². The van der Waals surface area contributed by atoms with Gasteiger partial charge in [0.1, 0.15) is 5.82 Å². The van der Waals surface area contributed by atoms with Crippen molar-refractivity contribution in [1.82, 2.24) is 4.98 Å². The lowest BCUT2D eigenvalue weighted by Gasteiger charge is -2.08. The van der Waals surface area contributed by atoms with Crippen molar-refractivity contribution in [2.45, 2.75) is 26.2 Å². The Bertz CT molecular complexity index is 479. The van der Waals surface area contributed by atoms with E-state index in [2.05, 4.69) is 46.8 Å². The van der Waals surface area contributed by atoms with Gasteiger partial charge in [-0.3, -0.25) is 0 Å². The van der Waals surface area contributed by atoms with Crippen molar-refractivity contribution in [3.05, 3.63) is 54.2 Å². The van der Waals surface area contributed by atoms with Crippen LogP contribution < -0.4 is 10.6 Å². The molecular weight excluding hydrogens is 246 g/mol. The molecule has 0 spiro atoms. The zero-order valence-corrected chi connectivity index (χ0v) is 12.1. The SMILES string of the molecule is CCCCNc1ccc(CCNc2ccccn2)cc1. The van der Waals surface area contributed by atoms with Crippen molar-refractivity contribution in [3.8, 4) is 0 Å². The van der Waals surface area contributed by atoms with Crippen LogP contribution in [0.3, 0.4) is 0 Å². The lowest BCUT2D eigenvalue weighted by atomic mass is 10.1. The predicted molar refractivity (Wildman–Crippen MR) is 86.3 cm³/mol. The van der Waals surface area contributed by atoms with E-state index in [-0.39, 0.29) is 0 Å². The van der Waals surface area contributed by atoms with Crippen molar-refractivity contribution in [1.29, 1.82) is 0 Å². The number of unbranched alkanes of at least 4 members (excludes halogenated alkanes) is 1. The van der Waals surface area contributed by atoms with Crippen LogP contribution in [0.4, 0.5) is 11.5 Å². The molecule has 0 amide bonds. The molecule has 20 heavy (non-hydrogen) atoms. The number of anilines is 2. The molecule has 0 radical (unpaired) electrons. The first-order valence-corrected chi connectivity index (χ1v) is 7.36. The fourth-order valence-electron chi connectivity index (χ4n) is 2.00. The Morgan fingerprint density at radius 2 is 1.80 bits per heavy atom. The first kappa shape index (κ1) is 14.4. The smallest absolute Gasteiger partial charge is 0.125 e. The van der Waals surface area contributed by atoms with E-state index < -0.39 is 0 Å². The van der Waals surface area contributed by atoms with E-state index in [1.54, 1.807) is 6.20 Å². The summed E-state index contributed by atoms with van der Waals surface area (Å²) in [4.78, 5) is 4.24. The Morgan fingerprint density at radius 3 is 2.50 bits per heavy atom. The molecule has 0 unspecified atom stereocenters. The quantitative estimate of drug-likeness (QED) is 0.712. The van der Waals surface area contributed by atoms with Gasteiger partial charge in [-0.05, 0) is 42.7 Å². The number of nitrogens with one attached hydrogen (secondary N) is 2. The van der Waals surface area contributed by atoms with Crippen molar-refractivity contribution < 1.29 is 0 Å². The molecule has 1 heterocycles. The van der Waals surface area contributed by atoms with Gasteiger partial charge in [0.05, 0.1) is 0 Å². The maximum Gasteiger partial charge on any atom is 0.125 e. The maximum atomic E-state index is 4.24. The summed E-state index contributed by atoms with van der Waals surface area (Å²) in [6.45, 7) is 4.16. The summed E-state index contributed by atoms with van der Waals surface area (Å²) in [6.07, 6.45) is 5.25. The summed E-state index contributed by atoms with van der Waals surface area (Å²) in [5.74, 6) is 0.936. The van der Waals surface area contributed by atoms with Gasteiger partial charge in [0.15, 0.2) is 0 Å². The molecule has 0 fully saturated rings. The van der Waals surface area contributed by atoms with Crippen LogP contribution in [0.25, 0.3) is 0 Å². The van der Waals surface area contributed by atoms with Crippen molar-refractivity contribution in [2.24, 2.45) is 0 Å². The molecule has 3 nitrogen and oxygen atoms in total. The highest BCUT2D eigenvalue weighted by atomic mass is 15.0. The summed E-state index contributed by atoms with van der Waals surface area (Å²) in [7, 11) is 0. The van der Waals surface area contributed by atoms with E-state index in [0.717, 1.165) is 25.3 Å². The van der Waals surface area contributed by atoms with E-state index in [9.17, 15) is 0 Å². The van der Waals surface area contributed by atoms with E-state index in [1.807, 2.05) is 18.2 Å². The molecule has 0 aliphatic rings. The second kappa shape index (κ2) is 8.20. The van der Waals surface area contributed by atoms with Crippen LogP contribution in [-0.2, 0) is 6.42 Å². The molecule has 106 valence electrons. The lowest BCUT2D eigenvalue weighted by Crippen LogP contribution is -2.06. The van der Waals surface area contributed by atoms with Crippen molar-refractivity contribution in [3.63, 3.8) is 0 Å². The Labute approximate surface area is 121 Å². The third-order valence-corrected chi connectivity index (χ3v) is 3.20. The minimum absolute atomic E-state index is 0.902. The number of rotatable bonds is 8. The zero-order valence-electron chi connectivity index (χ0n) is 12.1. The summed E-state index contributed by atoms with van der Waals surface area (Å²) >= 11 is 0. The fraction of sp³-hybridized carbons (Fsp3) is 0.353. The van der Waals surface area contributed by atoms with Crippen molar-refractivity contribution in [2.75, 3.05) is 23.7 Å². The van der Waals surface area contributed by atoms with E-state index in [0.29, 0.717) is 0 Å². The highest BCUT2D eigenvalue weighted by molar-refractivity contribution is 5.44. The van der Waals surface area contributed by atoms with Gasteiger partial charge in [0.2, 0.25) is 0 Å². The lowest BCUT2D eigenvalue weighted by molar-refractivity contribution is 0.834. The monoisotopic (exact) mass is 269 g/mol. The Kier molecular flexibility index (Phi) is 5.90. The first-order valence-electron chi connectivity index (χ1n) is 7.36. The van der Waals surface area contributed by atoms with Crippen molar-refractivity contribution >= 4 is 11.5 Å². The van der Waals surface area contributed by atoms with Gasteiger partial charge in [-0.2, -0.15) is 0 Å². The molecule has 0 aliphatic carbocycles. The fourth-order valence-corrected chi connectivity index (χ4v) is 2.00. The average Bonchev–Trinajstić information content (AvgIpc) is 2.50. The zero-order chi connectivity index (χ0) is 14.0.